The lowest BCUT2D eigenvalue weighted by Crippen LogP contribution is -2.00. The van der Waals surface area contributed by atoms with Gasteiger partial charge in [-0.3, -0.25) is 4.57 Å². The molecule has 4 nitrogen and oxygen atoms in total. The summed E-state index contributed by atoms with van der Waals surface area (Å²) < 4.78 is 10.7. The Morgan fingerprint density at radius 1 is 1.31 bits per heavy atom. The summed E-state index contributed by atoms with van der Waals surface area (Å²) in [4.78, 5) is 17.5. The third-order valence-corrected chi connectivity index (χ3v) is 2.70. The topological polar surface area (TPSA) is 77.8 Å². The van der Waals surface area contributed by atoms with Crippen LogP contribution in [0.4, 0.5) is 0 Å². The normalized spacial score (nSPS) is 14.2. The van der Waals surface area contributed by atoms with Crippen LogP contribution in [0.15, 0.2) is 24.3 Å². The first-order chi connectivity index (χ1) is 5.93. The van der Waals surface area contributed by atoms with E-state index in [1.54, 1.807) is 25.1 Å². The highest BCUT2D eigenvalue weighted by Gasteiger charge is 2.28. The van der Waals surface area contributed by atoms with Crippen molar-refractivity contribution in [3.63, 3.8) is 0 Å². The highest BCUT2D eigenvalue weighted by molar-refractivity contribution is 7.51. The van der Waals surface area contributed by atoms with Gasteiger partial charge in [0, 0.05) is 0 Å². The second-order valence-electron chi connectivity index (χ2n) is 2.82. The molecular weight excluding hydrogens is 191 g/mol. The summed E-state index contributed by atoms with van der Waals surface area (Å²) in [5.41, 5.74) is 0.939. The van der Waals surface area contributed by atoms with Gasteiger partial charge in [0.15, 0.2) is 5.85 Å². The summed E-state index contributed by atoms with van der Waals surface area (Å²) in [5, 5.41) is 9.27. The largest absolute Gasteiger partial charge is 0.376 e. The molecule has 0 aromatic heterocycles. The molecule has 0 saturated carbocycles. The molecule has 1 rings (SSSR count). The van der Waals surface area contributed by atoms with Gasteiger partial charge in [-0.1, -0.05) is 24.3 Å². The standard InChI is InChI=1S/C8H11O4P/c1-6-4-2-3-5-7(6)8(9)13(10,11)12/h2-5,8-9H,1H3,(H2,10,11,12). The molecule has 0 radical (unpaired) electrons. The van der Waals surface area contributed by atoms with Gasteiger partial charge in [0.1, 0.15) is 0 Å². The monoisotopic (exact) mass is 202 g/mol. The van der Waals surface area contributed by atoms with Crippen LogP contribution in [0.1, 0.15) is 17.0 Å². The fraction of sp³-hybridized carbons (Fsp3) is 0.250. The molecule has 0 spiro atoms. The molecule has 0 bridgehead atoms. The van der Waals surface area contributed by atoms with Crippen molar-refractivity contribution in [2.45, 2.75) is 12.8 Å². The highest BCUT2D eigenvalue weighted by atomic mass is 31.2. The number of aryl methyl sites for hydroxylation is 1. The third-order valence-electron chi connectivity index (χ3n) is 1.79. The zero-order valence-corrected chi connectivity index (χ0v) is 7.98. The van der Waals surface area contributed by atoms with Gasteiger partial charge in [0.2, 0.25) is 0 Å². The van der Waals surface area contributed by atoms with Crippen molar-refractivity contribution in [1.82, 2.24) is 0 Å². The molecule has 0 aliphatic carbocycles. The van der Waals surface area contributed by atoms with Crippen molar-refractivity contribution < 1.29 is 19.5 Å². The zero-order valence-electron chi connectivity index (χ0n) is 7.08. The Labute approximate surface area is 76.0 Å². The molecule has 5 heteroatoms. The summed E-state index contributed by atoms with van der Waals surface area (Å²) >= 11 is 0. The number of benzene rings is 1. The van der Waals surface area contributed by atoms with E-state index in [4.69, 9.17) is 9.79 Å². The minimum Gasteiger partial charge on any atom is -0.376 e. The minimum atomic E-state index is -4.45. The average molecular weight is 202 g/mol. The Bertz CT molecular complexity index is 344. The van der Waals surface area contributed by atoms with E-state index in [1.165, 1.54) is 6.07 Å². The molecule has 1 aromatic rings. The smallest absolute Gasteiger partial charge is 0.358 e. The van der Waals surface area contributed by atoms with E-state index in [1.807, 2.05) is 0 Å². The van der Waals surface area contributed by atoms with Crippen LogP contribution in [-0.4, -0.2) is 14.9 Å². The van der Waals surface area contributed by atoms with Crippen molar-refractivity contribution in [3.05, 3.63) is 35.4 Å². The van der Waals surface area contributed by atoms with Crippen molar-refractivity contribution in [3.8, 4) is 0 Å². The molecule has 3 N–H and O–H groups in total. The lowest BCUT2D eigenvalue weighted by Gasteiger charge is -2.14. The molecule has 0 aliphatic rings. The fourth-order valence-electron chi connectivity index (χ4n) is 1.06. The fourth-order valence-corrected chi connectivity index (χ4v) is 1.71. The molecule has 0 fully saturated rings. The van der Waals surface area contributed by atoms with Gasteiger partial charge in [-0.15, -0.1) is 0 Å². The van der Waals surface area contributed by atoms with Crippen LogP contribution in [0.2, 0.25) is 0 Å². The van der Waals surface area contributed by atoms with E-state index >= 15 is 0 Å². The Morgan fingerprint density at radius 3 is 2.31 bits per heavy atom. The highest BCUT2D eigenvalue weighted by Crippen LogP contribution is 2.50. The summed E-state index contributed by atoms with van der Waals surface area (Å²) in [5.74, 6) is -1.71. The van der Waals surface area contributed by atoms with Crippen LogP contribution < -0.4 is 0 Å². The van der Waals surface area contributed by atoms with Crippen LogP contribution >= 0.6 is 7.60 Å². The van der Waals surface area contributed by atoms with E-state index in [0.29, 0.717) is 5.56 Å². The first kappa shape index (κ1) is 10.4. The van der Waals surface area contributed by atoms with Gasteiger partial charge < -0.3 is 14.9 Å². The number of aliphatic hydroxyl groups is 1. The second-order valence-corrected chi connectivity index (χ2v) is 4.49. The van der Waals surface area contributed by atoms with E-state index in [2.05, 4.69) is 0 Å². The maximum Gasteiger partial charge on any atom is 0.358 e. The summed E-state index contributed by atoms with van der Waals surface area (Å²) in [6, 6.07) is 6.56. The second kappa shape index (κ2) is 3.60. The maximum atomic E-state index is 10.7. The van der Waals surface area contributed by atoms with Crippen LogP contribution in [0.25, 0.3) is 0 Å². The predicted molar refractivity (Wildman–Crippen MR) is 48.2 cm³/mol. The van der Waals surface area contributed by atoms with Crippen LogP contribution in [0.5, 0.6) is 0 Å². The molecule has 1 unspecified atom stereocenters. The van der Waals surface area contributed by atoms with Gasteiger partial charge in [0.05, 0.1) is 0 Å². The molecular formula is C8H11O4P. The van der Waals surface area contributed by atoms with E-state index in [-0.39, 0.29) is 5.56 Å². The van der Waals surface area contributed by atoms with Gasteiger partial charge >= 0.3 is 7.60 Å². The quantitative estimate of drug-likeness (QED) is 0.629. The van der Waals surface area contributed by atoms with Crippen molar-refractivity contribution in [2.24, 2.45) is 0 Å². The number of aliphatic hydroxyl groups excluding tert-OH is 1. The van der Waals surface area contributed by atoms with Crippen LogP contribution in [0.3, 0.4) is 0 Å². The van der Waals surface area contributed by atoms with E-state index < -0.39 is 13.4 Å². The Balaban J connectivity index is 3.09. The molecule has 72 valence electrons. The van der Waals surface area contributed by atoms with Crippen molar-refractivity contribution in [1.29, 1.82) is 0 Å². The molecule has 1 atom stereocenters. The number of rotatable bonds is 2. The molecule has 0 amide bonds. The van der Waals surface area contributed by atoms with Gasteiger partial charge in [-0.05, 0) is 18.1 Å². The molecule has 13 heavy (non-hydrogen) atoms. The van der Waals surface area contributed by atoms with Crippen LogP contribution in [-0.2, 0) is 4.57 Å². The predicted octanol–water partition coefficient (Wildman–Crippen LogP) is 1.16. The lowest BCUT2D eigenvalue weighted by molar-refractivity contribution is 0.205. The maximum absolute atomic E-state index is 10.7. The van der Waals surface area contributed by atoms with Gasteiger partial charge in [-0.2, -0.15) is 0 Å². The molecule has 0 aliphatic heterocycles. The molecule has 1 aromatic carbocycles. The summed E-state index contributed by atoms with van der Waals surface area (Å²) in [7, 11) is -4.45. The average Bonchev–Trinajstić information content (AvgIpc) is 2.02. The first-order valence-corrected chi connectivity index (χ1v) is 5.40. The summed E-state index contributed by atoms with van der Waals surface area (Å²) in [6.07, 6.45) is 0. The van der Waals surface area contributed by atoms with Crippen molar-refractivity contribution >= 4 is 7.60 Å². The lowest BCUT2D eigenvalue weighted by atomic mass is 10.1. The van der Waals surface area contributed by atoms with E-state index in [9.17, 15) is 9.67 Å². The minimum absolute atomic E-state index is 0.274. The zero-order chi connectivity index (χ0) is 10.1. The van der Waals surface area contributed by atoms with Gasteiger partial charge in [-0.25, -0.2) is 0 Å². The Morgan fingerprint density at radius 2 is 1.85 bits per heavy atom. The first-order valence-electron chi connectivity index (χ1n) is 3.71. The van der Waals surface area contributed by atoms with Crippen molar-refractivity contribution in [2.75, 3.05) is 0 Å². The van der Waals surface area contributed by atoms with E-state index in [0.717, 1.165) is 0 Å². The summed E-state index contributed by atoms with van der Waals surface area (Å²) in [6.45, 7) is 1.69. The van der Waals surface area contributed by atoms with Crippen LogP contribution in [0, 0.1) is 6.92 Å². The molecule has 0 saturated heterocycles. The Hall–Kier alpha value is -0.670. The number of hydrogen-bond acceptors (Lipinski definition) is 2. The molecule has 0 heterocycles. The number of hydrogen-bond donors (Lipinski definition) is 3. The van der Waals surface area contributed by atoms with Gasteiger partial charge in [0.25, 0.3) is 0 Å². The third kappa shape index (κ3) is 2.39. The Kier molecular flexibility index (Phi) is 2.88. The SMILES string of the molecule is Cc1ccccc1C(O)P(=O)(O)O.